The van der Waals surface area contributed by atoms with E-state index in [2.05, 4.69) is 27.0 Å². The number of likely N-dealkylation sites (tertiary alicyclic amines) is 1. The third kappa shape index (κ3) is 10.3. The molecule has 1 N–H and O–H groups in total. The molecule has 2 rings (SSSR count). The maximum absolute atomic E-state index is 5.61. The second kappa shape index (κ2) is 15.7. The van der Waals surface area contributed by atoms with Crippen LogP contribution in [0.2, 0.25) is 0 Å². The van der Waals surface area contributed by atoms with Crippen molar-refractivity contribution in [2.75, 3.05) is 86.0 Å². The Kier molecular flexibility index (Phi) is 14.5. The summed E-state index contributed by atoms with van der Waals surface area (Å²) in [6.07, 6.45) is 3.54. The highest BCUT2D eigenvalue weighted by Crippen LogP contribution is 2.18. The molecular weight excluding hydrogens is 459 g/mol. The minimum Gasteiger partial charge on any atom is -0.379 e. The Bertz CT molecular complexity index is 395. The van der Waals surface area contributed by atoms with Crippen molar-refractivity contribution in [3.05, 3.63) is 0 Å². The number of halogens is 1. The molecule has 0 aromatic rings. The summed E-state index contributed by atoms with van der Waals surface area (Å²) in [5, 5.41) is 3.42. The van der Waals surface area contributed by atoms with Gasteiger partial charge in [0.15, 0.2) is 5.96 Å². The van der Waals surface area contributed by atoms with Gasteiger partial charge < -0.3 is 24.4 Å². The first kappa shape index (κ1) is 24.9. The molecule has 1 atom stereocenters. The predicted molar refractivity (Wildman–Crippen MR) is 120 cm³/mol. The zero-order valence-electron chi connectivity index (χ0n) is 17.2. The van der Waals surface area contributed by atoms with Gasteiger partial charge in [-0.3, -0.25) is 9.89 Å². The first-order valence-electron chi connectivity index (χ1n) is 10.2. The number of nitrogens with one attached hydrogen (secondary N) is 1. The van der Waals surface area contributed by atoms with E-state index < -0.39 is 0 Å². The number of morpholine rings is 1. The lowest BCUT2D eigenvalue weighted by atomic mass is 10.1. The molecule has 2 aliphatic heterocycles. The summed E-state index contributed by atoms with van der Waals surface area (Å²) in [5.74, 6) is 1.72. The molecule has 0 spiro atoms. The molecule has 8 heteroatoms. The second-order valence-corrected chi connectivity index (χ2v) is 7.07. The summed E-state index contributed by atoms with van der Waals surface area (Å²) in [6, 6.07) is 0. The van der Waals surface area contributed by atoms with Crippen LogP contribution in [-0.2, 0) is 14.2 Å². The Labute approximate surface area is 182 Å². The Morgan fingerprint density at radius 1 is 1.11 bits per heavy atom. The average Bonchev–Trinajstić information content (AvgIpc) is 3.12. The van der Waals surface area contributed by atoms with Gasteiger partial charge in [-0.1, -0.05) is 13.3 Å². The number of unbranched alkanes of at least 4 members (excludes halogenated alkanes) is 1. The molecule has 0 bridgehead atoms. The number of ether oxygens (including phenoxy) is 3. The summed E-state index contributed by atoms with van der Waals surface area (Å²) < 4.78 is 16.5. The maximum atomic E-state index is 5.61. The Morgan fingerprint density at radius 3 is 2.56 bits per heavy atom. The van der Waals surface area contributed by atoms with Gasteiger partial charge in [0.05, 0.1) is 33.0 Å². The molecule has 0 aliphatic carbocycles. The Hall–Kier alpha value is -0.160. The average molecular weight is 498 g/mol. The van der Waals surface area contributed by atoms with Crippen molar-refractivity contribution in [1.29, 1.82) is 0 Å². The lowest BCUT2D eigenvalue weighted by molar-refractivity contribution is 0.0315. The Balaban J connectivity index is 0.00000364. The predicted octanol–water partition coefficient (Wildman–Crippen LogP) is 1.67. The Morgan fingerprint density at radius 2 is 1.85 bits per heavy atom. The van der Waals surface area contributed by atoms with Gasteiger partial charge in [-0.25, -0.2) is 0 Å². The van der Waals surface area contributed by atoms with Gasteiger partial charge in [-0.2, -0.15) is 0 Å². The van der Waals surface area contributed by atoms with Crippen LogP contribution in [0.15, 0.2) is 4.99 Å². The van der Waals surface area contributed by atoms with Gasteiger partial charge >= 0.3 is 0 Å². The third-order valence-corrected chi connectivity index (χ3v) is 4.96. The third-order valence-electron chi connectivity index (χ3n) is 4.96. The van der Waals surface area contributed by atoms with E-state index in [9.17, 15) is 0 Å². The van der Waals surface area contributed by atoms with E-state index in [1.165, 1.54) is 19.4 Å². The van der Waals surface area contributed by atoms with Crippen LogP contribution in [0.4, 0.5) is 0 Å². The molecule has 0 aromatic carbocycles. The van der Waals surface area contributed by atoms with Gasteiger partial charge in [0, 0.05) is 52.9 Å². The number of guanidine groups is 1. The van der Waals surface area contributed by atoms with Gasteiger partial charge in [0.2, 0.25) is 0 Å². The van der Waals surface area contributed by atoms with Crippen LogP contribution in [0.3, 0.4) is 0 Å². The van der Waals surface area contributed by atoms with E-state index in [4.69, 9.17) is 14.2 Å². The quantitative estimate of drug-likeness (QED) is 0.203. The molecule has 2 saturated heterocycles. The van der Waals surface area contributed by atoms with E-state index in [0.29, 0.717) is 19.8 Å². The van der Waals surface area contributed by atoms with Crippen LogP contribution in [0.25, 0.3) is 0 Å². The van der Waals surface area contributed by atoms with Gasteiger partial charge in [0.1, 0.15) is 0 Å². The highest BCUT2D eigenvalue weighted by molar-refractivity contribution is 14.0. The summed E-state index contributed by atoms with van der Waals surface area (Å²) in [6.45, 7) is 13.1. The zero-order chi connectivity index (χ0) is 18.5. The summed E-state index contributed by atoms with van der Waals surface area (Å²) in [7, 11) is 1.86. The molecular formula is C19H39IN4O3. The fourth-order valence-corrected chi connectivity index (χ4v) is 3.46. The number of hydrogen-bond acceptors (Lipinski definition) is 5. The van der Waals surface area contributed by atoms with Crippen LogP contribution >= 0.6 is 24.0 Å². The molecule has 27 heavy (non-hydrogen) atoms. The standard InChI is InChI=1S/C19H38N4O3.HI/c1-3-4-10-24-14-15-25-11-6-21-19(20-2)23-7-5-18(17-23)16-22-8-12-26-13-9-22;/h18H,3-17H2,1-2H3,(H,20,21);1H. The minimum absolute atomic E-state index is 0. The fraction of sp³-hybridized carbons (Fsp3) is 0.947. The maximum Gasteiger partial charge on any atom is 0.193 e. The number of nitrogens with zero attached hydrogens (tertiary/aromatic N) is 3. The van der Waals surface area contributed by atoms with Crippen LogP contribution in [0, 0.1) is 5.92 Å². The topological polar surface area (TPSA) is 58.6 Å². The molecule has 0 saturated carbocycles. The van der Waals surface area contributed by atoms with Gasteiger partial charge in [-0.05, 0) is 18.8 Å². The van der Waals surface area contributed by atoms with E-state index in [-0.39, 0.29) is 24.0 Å². The number of rotatable bonds is 11. The van der Waals surface area contributed by atoms with Crippen molar-refractivity contribution in [3.63, 3.8) is 0 Å². The normalized spacial score (nSPS) is 21.3. The summed E-state index contributed by atoms with van der Waals surface area (Å²) in [5.41, 5.74) is 0. The van der Waals surface area contributed by atoms with Crippen molar-refractivity contribution in [2.45, 2.75) is 26.2 Å². The molecule has 0 aromatic heterocycles. The van der Waals surface area contributed by atoms with Crippen molar-refractivity contribution in [3.8, 4) is 0 Å². The molecule has 2 heterocycles. The highest BCUT2D eigenvalue weighted by Gasteiger charge is 2.26. The lowest BCUT2D eigenvalue weighted by Gasteiger charge is -2.29. The summed E-state index contributed by atoms with van der Waals surface area (Å²) >= 11 is 0. The van der Waals surface area contributed by atoms with E-state index in [1.807, 2.05) is 7.05 Å². The minimum atomic E-state index is 0. The fourth-order valence-electron chi connectivity index (χ4n) is 3.46. The largest absolute Gasteiger partial charge is 0.379 e. The van der Waals surface area contributed by atoms with Crippen molar-refractivity contribution < 1.29 is 14.2 Å². The van der Waals surface area contributed by atoms with Crippen LogP contribution in [-0.4, -0.2) is 102 Å². The molecule has 0 radical (unpaired) electrons. The number of aliphatic imine (C=N–C) groups is 1. The first-order chi connectivity index (χ1) is 12.8. The molecule has 0 amide bonds. The second-order valence-electron chi connectivity index (χ2n) is 7.07. The first-order valence-corrected chi connectivity index (χ1v) is 10.2. The van der Waals surface area contributed by atoms with E-state index >= 15 is 0 Å². The molecule has 2 aliphatic rings. The molecule has 2 fully saturated rings. The van der Waals surface area contributed by atoms with Gasteiger partial charge in [-0.15, -0.1) is 24.0 Å². The van der Waals surface area contributed by atoms with Crippen LogP contribution in [0.5, 0.6) is 0 Å². The van der Waals surface area contributed by atoms with E-state index in [1.54, 1.807) is 0 Å². The lowest BCUT2D eigenvalue weighted by Crippen LogP contribution is -2.43. The molecule has 1 unspecified atom stereocenters. The monoisotopic (exact) mass is 498 g/mol. The van der Waals surface area contributed by atoms with Crippen LogP contribution < -0.4 is 5.32 Å². The number of hydrogen-bond donors (Lipinski definition) is 1. The van der Waals surface area contributed by atoms with Crippen molar-refractivity contribution in [2.24, 2.45) is 10.9 Å². The SMILES string of the molecule is CCCCOCCOCCNC(=NC)N1CCC(CN2CCOCC2)C1.I. The highest BCUT2D eigenvalue weighted by atomic mass is 127. The molecule has 160 valence electrons. The van der Waals surface area contributed by atoms with E-state index in [0.717, 1.165) is 70.8 Å². The van der Waals surface area contributed by atoms with Gasteiger partial charge in [0.25, 0.3) is 0 Å². The molecule has 7 nitrogen and oxygen atoms in total. The van der Waals surface area contributed by atoms with Crippen molar-refractivity contribution >= 4 is 29.9 Å². The zero-order valence-corrected chi connectivity index (χ0v) is 19.5. The van der Waals surface area contributed by atoms with Crippen molar-refractivity contribution in [1.82, 2.24) is 15.1 Å². The van der Waals surface area contributed by atoms with Crippen LogP contribution in [0.1, 0.15) is 26.2 Å². The summed E-state index contributed by atoms with van der Waals surface area (Å²) in [4.78, 5) is 9.34. The smallest absolute Gasteiger partial charge is 0.193 e.